The number of rotatable bonds is 6. The van der Waals surface area contributed by atoms with Gasteiger partial charge in [-0.25, -0.2) is 0 Å². The molecule has 0 aliphatic heterocycles. The first-order chi connectivity index (χ1) is 12.3. The van der Waals surface area contributed by atoms with Crippen LogP contribution in [0, 0.1) is 0 Å². The van der Waals surface area contributed by atoms with Crippen LogP contribution in [0.25, 0.3) is 0 Å². The van der Waals surface area contributed by atoms with Gasteiger partial charge < -0.3 is 10.1 Å². The highest BCUT2D eigenvalue weighted by Crippen LogP contribution is 2.25. The molecule has 1 amide bonds. The minimum atomic E-state index is -0.319. The van der Waals surface area contributed by atoms with Crippen molar-refractivity contribution in [3.63, 3.8) is 0 Å². The molecule has 0 aromatic heterocycles. The molecule has 126 valence electrons. The summed E-state index contributed by atoms with van der Waals surface area (Å²) < 4.78 is 5.16. The standard InChI is InChI=1S/C22H21NO2/c1-25-20-14-12-17(13-15-20)16-23-22(24)21(18-8-4-2-5-9-18)19-10-6-3-7-11-19/h2-15,21H,16H2,1H3,(H,23,24). The van der Waals surface area contributed by atoms with Crippen LogP contribution in [0.1, 0.15) is 22.6 Å². The van der Waals surface area contributed by atoms with Gasteiger partial charge in [-0.2, -0.15) is 0 Å². The first-order valence-corrected chi connectivity index (χ1v) is 8.28. The summed E-state index contributed by atoms with van der Waals surface area (Å²) in [6, 6.07) is 27.4. The summed E-state index contributed by atoms with van der Waals surface area (Å²) in [5.41, 5.74) is 3.01. The Morgan fingerprint density at radius 2 is 1.36 bits per heavy atom. The molecule has 0 bridgehead atoms. The van der Waals surface area contributed by atoms with E-state index in [1.807, 2.05) is 84.9 Å². The lowest BCUT2D eigenvalue weighted by Crippen LogP contribution is -2.29. The van der Waals surface area contributed by atoms with Gasteiger partial charge >= 0.3 is 0 Å². The van der Waals surface area contributed by atoms with Crippen LogP contribution in [0.4, 0.5) is 0 Å². The molecule has 3 aromatic rings. The molecule has 0 heterocycles. The van der Waals surface area contributed by atoms with Gasteiger partial charge in [-0.1, -0.05) is 72.8 Å². The van der Waals surface area contributed by atoms with Crippen molar-refractivity contribution in [3.8, 4) is 5.75 Å². The highest BCUT2D eigenvalue weighted by Gasteiger charge is 2.22. The number of ether oxygens (including phenoxy) is 1. The van der Waals surface area contributed by atoms with Crippen molar-refractivity contribution in [2.75, 3.05) is 7.11 Å². The van der Waals surface area contributed by atoms with Crippen molar-refractivity contribution < 1.29 is 9.53 Å². The molecule has 0 aliphatic carbocycles. The number of nitrogens with one attached hydrogen (secondary N) is 1. The number of benzene rings is 3. The Balaban J connectivity index is 1.77. The fourth-order valence-electron chi connectivity index (χ4n) is 2.82. The Morgan fingerprint density at radius 1 is 0.840 bits per heavy atom. The summed E-state index contributed by atoms with van der Waals surface area (Å²) in [6.45, 7) is 0.485. The van der Waals surface area contributed by atoms with Crippen molar-refractivity contribution in [2.24, 2.45) is 0 Å². The third-order valence-corrected chi connectivity index (χ3v) is 4.15. The van der Waals surface area contributed by atoms with Crippen molar-refractivity contribution in [2.45, 2.75) is 12.5 Å². The summed E-state index contributed by atoms with van der Waals surface area (Å²) in [6.07, 6.45) is 0. The fraction of sp³-hybridized carbons (Fsp3) is 0.136. The second kappa shape index (κ2) is 8.15. The average molecular weight is 331 g/mol. The lowest BCUT2D eigenvalue weighted by molar-refractivity contribution is -0.121. The summed E-state index contributed by atoms with van der Waals surface area (Å²) >= 11 is 0. The molecule has 3 heteroatoms. The van der Waals surface area contributed by atoms with Gasteiger partial charge in [0.1, 0.15) is 5.75 Å². The molecule has 0 saturated carbocycles. The van der Waals surface area contributed by atoms with E-state index < -0.39 is 0 Å². The maximum atomic E-state index is 12.9. The molecule has 0 aliphatic rings. The average Bonchev–Trinajstić information content (AvgIpc) is 2.69. The van der Waals surface area contributed by atoms with Gasteiger partial charge in [-0.05, 0) is 28.8 Å². The first kappa shape index (κ1) is 16.8. The van der Waals surface area contributed by atoms with Crippen molar-refractivity contribution in [3.05, 3.63) is 102 Å². The van der Waals surface area contributed by atoms with Crippen LogP contribution in [0.15, 0.2) is 84.9 Å². The van der Waals surface area contributed by atoms with Crippen LogP contribution in [0.5, 0.6) is 5.75 Å². The smallest absolute Gasteiger partial charge is 0.232 e. The number of carbonyl (C=O) groups excluding carboxylic acids is 1. The van der Waals surface area contributed by atoms with Crippen LogP contribution in [0.3, 0.4) is 0 Å². The molecule has 3 rings (SSSR count). The third-order valence-electron chi connectivity index (χ3n) is 4.15. The zero-order chi connectivity index (χ0) is 17.5. The number of methoxy groups -OCH3 is 1. The molecule has 0 unspecified atom stereocenters. The van der Waals surface area contributed by atoms with E-state index in [9.17, 15) is 4.79 Å². The molecular formula is C22H21NO2. The molecule has 0 saturated heterocycles. The van der Waals surface area contributed by atoms with Gasteiger partial charge in [0.2, 0.25) is 5.91 Å². The van der Waals surface area contributed by atoms with E-state index in [4.69, 9.17) is 4.74 Å². The van der Waals surface area contributed by atoms with E-state index in [1.54, 1.807) is 7.11 Å². The third kappa shape index (κ3) is 4.27. The van der Waals surface area contributed by atoms with Crippen LogP contribution in [-0.2, 0) is 11.3 Å². The van der Waals surface area contributed by atoms with E-state index >= 15 is 0 Å². The second-order valence-electron chi connectivity index (χ2n) is 5.82. The summed E-state index contributed by atoms with van der Waals surface area (Å²) in [4.78, 5) is 12.9. The van der Waals surface area contributed by atoms with Gasteiger partial charge in [-0.3, -0.25) is 4.79 Å². The largest absolute Gasteiger partial charge is 0.497 e. The summed E-state index contributed by atoms with van der Waals surface area (Å²) in [5, 5.41) is 3.05. The van der Waals surface area contributed by atoms with E-state index in [0.29, 0.717) is 6.54 Å². The lowest BCUT2D eigenvalue weighted by atomic mass is 9.90. The normalized spacial score (nSPS) is 10.5. The SMILES string of the molecule is COc1ccc(CNC(=O)C(c2ccccc2)c2ccccc2)cc1. The Hall–Kier alpha value is -3.07. The minimum absolute atomic E-state index is 0.00628. The molecular weight excluding hydrogens is 310 g/mol. The number of hydrogen-bond donors (Lipinski definition) is 1. The molecule has 1 N–H and O–H groups in total. The maximum absolute atomic E-state index is 12.9. The van der Waals surface area contributed by atoms with Crippen LogP contribution in [-0.4, -0.2) is 13.0 Å². The van der Waals surface area contributed by atoms with Crippen LogP contribution < -0.4 is 10.1 Å². The topological polar surface area (TPSA) is 38.3 Å². The van der Waals surface area contributed by atoms with Gasteiger partial charge in [0.05, 0.1) is 13.0 Å². The predicted octanol–water partition coefficient (Wildman–Crippen LogP) is 4.14. The van der Waals surface area contributed by atoms with Crippen molar-refractivity contribution in [1.82, 2.24) is 5.32 Å². The fourth-order valence-corrected chi connectivity index (χ4v) is 2.82. The first-order valence-electron chi connectivity index (χ1n) is 8.28. The van der Waals surface area contributed by atoms with Gasteiger partial charge in [-0.15, -0.1) is 0 Å². The Labute approximate surface area is 148 Å². The number of amides is 1. The lowest BCUT2D eigenvalue weighted by Gasteiger charge is -2.18. The Morgan fingerprint density at radius 3 is 1.84 bits per heavy atom. The second-order valence-corrected chi connectivity index (χ2v) is 5.82. The highest BCUT2D eigenvalue weighted by atomic mass is 16.5. The van der Waals surface area contributed by atoms with Gasteiger partial charge in [0.15, 0.2) is 0 Å². The van der Waals surface area contributed by atoms with E-state index in [1.165, 1.54) is 0 Å². The van der Waals surface area contributed by atoms with Crippen molar-refractivity contribution >= 4 is 5.91 Å². The molecule has 3 aromatic carbocycles. The summed E-state index contributed by atoms with van der Waals surface area (Å²) in [7, 11) is 1.64. The van der Waals surface area contributed by atoms with E-state index in [2.05, 4.69) is 5.32 Å². The van der Waals surface area contributed by atoms with Crippen molar-refractivity contribution in [1.29, 1.82) is 0 Å². The monoisotopic (exact) mass is 331 g/mol. The molecule has 0 radical (unpaired) electrons. The zero-order valence-electron chi connectivity index (χ0n) is 14.2. The van der Waals surface area contributed by atoms with Crippen LogP contribution >= 0.6 is 0 Å². The maximum Gasteiger partial charge on any atom is 0.232 e. The quantitative estimate of drug-likeness (QED) is 0.737. The molecule has 25 heavy (non-hydrogen) atoms. The molecule has 0 atom stereocenters. The highest BCUT2D eigenvalue weighted by molar-refractivity contribution is 5.87. The zero-order valence-corrected chi connectivity index (χ0v) is 14.2. The molecule has 0 spiro atoms. The number of carbonyl (C=O) groups is 1. The van der Waals surface area contributed by atoms with E-state index in [0.717, 1.165) is 22.4 Å². The summed E-state index contributed by atoms with van der Waals surface area (Å²) in [5.74, 6) is 0.482. The number of hydrogen-bond acceptors (Lipinski definition) is 2. The Bertz CT molecular complexity index is 759. The molecule has 3 nitrogen and oxygen atoms in total. The minimum Gasteiger partial charge on any atom is -0.497 e. The van der Waals surface area contributed by atoms with E-state index in [-0.39, 0.29) is 11.8 Å². The Kier molecular flexibility index (Phi) is 5.47. The van der Waals surface area contributed by atoms with Crippen LogP contribution in [0.2, 0.25) is 0 Å². The molecule has 0 fully saturated rings. The predicted molar refractivity (Wildman–Crippen MR) is 99.6 cm³/mol. The van der Waals surface area contributed by atoms with Gasteiger partial charge in [0.25, 0.3) is 0 Å². The van der Waals surface area contributed by atoms with Gasteiger partial charge in [0, 0.05) is 6.54 Å².